The fourth-order valence-corrected chi connectivity index (χ4v) is 2.49. The summed E-state index contributed by atoms with van der Waals surface area (Å²) in [7, 11) is 0. The number of amides is 1. The molecule has 1 N–H and O–H groups in total. The Morgan fingerprint density at radius 1 is 1.58 bits per heavy atom. The minimum absolute atomic E-state index is 0.142. The summed E-state index contributed by atoms with van der Waals surface area (Å²) in [5.41, 5.74) is 1.07. The minimum atomic E-state index is 0.142. The molecule has 1 aliphatic heterocycles. The van der Waals surface area contributed by atoms with Crippen LogP contribution in [0.25, 0.3) is 0 Å². The topological polar surface area (TPSA) is 66.8 Å². The molecule has 1 aliphatic rings. The molecule has 3 rings (SSSR count). The van der Waals surface area contributed by atoms with E-state index in [0.29, 0.717) is 12.5 Å². The van der Waals surface area contributed by atoms with Gasteiger partial charge in [0.15, 0.2) is 0 Å². The highest BCUT2D eigenvalue weighted by molar-refractivity contribution is 5.76. The Labute approximate surface area is 111 Å². The Kier molecular flexibility index (Phi) is 3.06. The number of aromatic nitrogens is 4. The Morgan fingerprint density at radius 3 is 3.16 bits per heavy atom. The molecule has 0 radical (unpaired) electrons. The summed E-state index contributed by atoms with van der Waals surface area (Å²) >= 11 is 0. The third-order valence-corrected chi connectivity index (χ3v) is 3.53. The number of rotatable bonds is 3. The molecule has 0 spiro atoms. The smallest absolute Gasteiger partial charge is 0.242 e. The number of H-pyrrole nitrogens is 1. The first-order valence-corrected chi connectivity index (χ1v) is 6.47. The van der Waals surface area contributed by atoms with E-state index in [2.05, 4.69) is 15.0 Å². The first-order valence-electron chi connectivity index (χ1n) is 6.47. The second-order valence-corrected chi connectivity index (χ2v) is 5.01. The molecular weight excluding hydrogens is 242 g/mol. The van der Waals surface area contributed by atoms with Gasteiger partial charge in [-0.25, -0.2) is 9.97 Å². The second-order valence-electron chi connectivity index (χ2n) is 5.01. The van der Waals surface area contributed by atoms with Gasteiger partial charge < -0.3 is 14.5 Å². The molecule has 2 aromatic heterocycles. The molecule has 100 valence electrons. The van der Waals surface area contributed by atoms with Gasteiger partial charge in [0.2, 0.25) is 5.91 Å². The van der Waals surface area contributed by atoms with Crippen LogP contribution < -0.4 is 0 Å². The SMILES string of the molecule is Cc1cnc([C@@H]2CCN(C(=O)Cn3ccnc3)C2)[nH]1. The van der Waals surface area contributed by atoms with Crippen LogP contribution in [0.2, 0.25) is 0 Å². The van der Waals surface area contributed by atoms with Crippen molar-refractivity contribution in [3.8, 4) is 0 Å². The van der Waals surface area contributed by atoms with Crippen molar-refractivity contribution in [1.82, 2.24) is 24.4 Å². The molecule has 19 heavy (non-hydrogen) atoms. The van der Waals surface area contributed by atoms with Crippen LogP contribution in [-0.4, -0.2) is 43.4 Å². The van der Waals surface area contributed by atoms with Gasteiger partial charge in [-0.2, -0.15) is 0 Å². The van der Waals surface area contributed by atoms with Crippen LogP contribution in [0, 0.1) is 6.92 Å². The van der Waals surface area contributed by atoms with E-state index >= 15 is 0 Å². The van der Waals surface area contributed by atoms with Crippen LogP contribution in [-0.2, 0) is 11.3 Å². The van der Waals surface area contributed by atoms with Crippen molar-refractivity contribution in [3.05, 3.63) is 36.4 Å². The fourth-order valence-electron chi connectivity index (χ4n) is 2.49. The summed E-state index contributed by atoms with van der Waals surface area (Å²) in [4.78, 5) is 25.6. The van der Waals surface area contributed by atoms with Crippen LogP contribution in [0.1, 0.15) is 23.9 Å². The highest BCUT2D eigenvalue weighted by atomic mass is 16.2. The van der Waals surface area contributed by atoms with Crippen molar-refractivity contribution in [2.45, 2.75) is 25.8 Å². The van der Waals surface area contributed by atoms with Crippen LogP contribution >= 0.6 is 0 Å². The minimum Gasteiger partial charge on any atom is -0.346 e. The normalized spacial score (nSPS) is 19.0. The maximum atomic E-state index is 12.1. The quantitative estimate of drug-likeness (QED) is 0.891. The number of carbonyl (C=O) groups is 1. The van der Waals surface area contributed by atoms with Crippen molar-refractivity contribution in [2.24, 2.45) is 0 Å². The highest BCUT2D eigenvalue weighted by Crippen LogP contribution is 2.25. The van der Waals surface area contributed by atoms with Crippen molar-refractivity contribution in [1.29, 1.82) is 0 Å². The number of carbonyl (C=O) groups excluding carboxylic acids is 1. The van der Waals surface area contributed by atoms with Crippen molar-refractivity contribution < 1.29 is 4.79 Å². The molecule has 1 atom stereocenters. The largest absolute Gasteiger partial charge is 0.346 e. The van der Waals surface area contributed by atoms with Crippen LogP contribution in [0.5, 0.6) is 0 Å². The lowest BCUT2D eigenvalue weighted by Crippen LogP contribution is -2.31. The number of likely N-dealkylation sites (tertiary alicyclic amines) is 1. The van der Waals surface area contributed by atoms with E-state index in [1.54, 1.807) is 23.3 Å². The number of nitrogens with one attached hydrogen (secondary N) is 1. The molecule has 0 aliphatic carbocycles. The van der Waals surface area contributed by atoms with Crippen LogP contribution in [0.15, 0.2) is 24.9 Å². The Balaban J connectivity index is 1.61. The molecule has 1 fully saturated rings. The van der Waals surface area contributed by atoms with Gasteiger partial charge in [-0.05, 0) is 13.3 Å². The zero-order valence-electron chi connectivity index (χ0n) is 10.9. The summed E-state index contributed by atoms with van der Waals surface area (Å²) in [5.74, 6) is 1.47. The molecule has 6 nitrogen and oxygen atoms in total. The average molecular weight is 259 g/mol. The van der Waals surface area contributed by atoms with E-state index in [9.17, 15) is 4.79 Å². The molecule has 6 heteroatoms. The van der Waals surface area contributed by atoms with Gasteiger partial charge in [0.25, 0.3) is 0 Å². The third kappa shape index (κ3) is 2.52. The number of nitrogens with zero attached hydrogens (tertiary/aromatic N) is 4. The molecule has 1 amide bonds. The zero-order chi connectivity index (χ0) is 13.2. The summed E-state index contributed by atoms with van der Waals surface area (Å²) in [6.45, 7) is 3.91. The predicted octanol–water partition coefficient (Wildman–Crippen LogP) is 0.931. The first-order chi connectivity index (χ1) is 9.22. The Bertz CT molecular complexity index is 559. The number of hydrogen-bond acceptors (Lipinski definition) is 3. The standard InChI is InChI=1S/C13H17N5O/c1-10-6-15-13(16-10)11-2-4-18(7-11)12(19)8-17-5-3-14-9-17/h3,5-6,9,11H,2,4,7-8H2,1H3,(H,15,16)/t11-/m1/s1. The summed E-state index contributed by atoms with van der Waals surface area (Å²) < 4.78 is 1.80. The zero-order valence-corrected chi connectivity index (χ0v) is 10.9. The summed E-state index contributed by atoms with van der Waals surface area (Å²) in [6, 6.07) is 0. The number of aromatic amines is 1. The predicted molar refractivity (Wildman–Crippen MR) is 69.5 cm³/mol. The fraction of sp³-hybridized carbons (Fsp3) is 0.462. The lowest BCUT2D eigenvalue weighted by molar-refractivity contribution is -0.130. The number of imidazole rings is 2. The molecule has 2 aromatic rings. The number of hydrogen-bond donors (Lipinski definition) is 1. The number of aryl methyl sites for hydroxylation is 1. The molecule has 0 aromatic carbocycles. The van der Waals surface area contributed by atoms with E-state index < -0.39 is 0 Å². The van der Waals surface area contributed by atoms with Crippen molar-refractivity contribution in [3.63, 3.8) is 0 Å². The first kappa shape index (κ1) is 12.0. The van der Waals surface area contributed by atoms with Crippen molar-refractivity contribution >= 4 is 5.91 Å². The average Bonchev–Trinajstić information content (AvgIpc) is 3.07. The van der Waals surface area contributed by atoms with Gasteiger partial charge in [-0.3, -0.25) is 4.79 Å². The summed E-state index contributed by atoms with van der Waals surface area (Å²) in [5, 5.41) is 0. The molecule has 3 heterocycles. The Morgan fingerprint density at radius 2 is 2.47 bits per heavy atom. The van der Waals surface area contributed by atoms with Gasteiger partial charge in [0.1, 0.15) is 12.4 Å². The van der Waals surface area contributed by atoms with Crippen molar-refractivity contribution in [2.75, 3.05) is 13.1 Å². The van der Waals surface area contributed by atoms with E-state index in [4.69, 9.17) is 0 Å². The molecular formula is C13H17N5O. The van der Waals surface area contributed by atoms with E-state index in [1.807, 2.05) is 18.0 Å². The van der Waals surface area contributed by atoms with E-state index in [0.717, 1.165) is 31.0 Å². The van der Waals surface area contributed by atoms with Gasteiger partial charge >= 0.3 is 0 Å². The van der Waals surface area contributed by atoms with E-state index in [-0.39, 0.29) is 5.91 Å². The van der Waals surface area contributed by atoms with Gasteiger partial charge in [-0.1, -0.05) is 0 Å². The highest BCUT2D eigenvalue weighted by Gasteiger charge is 2.28. The molecule has 1 saturated heterocycles. The van der Waals surface area contributed by atoms with Gasteiger partial charge in [0.05, 0.1) is 6.33 Å². The lowest BCUT2D eigenvalue weighted by atomic mass is 10.1. The maximum Gasteiger partial charge on any atom is 0.242 e. The van der Waals surface area contributed by atoms with Gasteiger partial charge in [0, 0.05) is 43.3 Å². The van der Waals surface area contributed by atoms with Crippen LogP contribution in [0.3, 0.4) is 0 Å². The molecule has 0 bridgehead atoms. The second kappa shape index (κ2) is 4.87. The Hall–Kier alpha value is -2.11. The molecule has 0 saturated carbocycles. The third-order valence-electron chi connectivity index (χ3n) is 3.53. The lowest BCUT2D eigenvalue weighted by Gasteiger charge is -2.16. The van der Waals surface area contributed by atoms with E-state index in [1.165, 1.54) is 0 Å². The van der Waals surface area contributed by atoms with Gasteiger partial charge in [-0.15, -0.1) is 0 Å². The summed E-state index contributed by atoms with van der Waals surface area (Å²) in [6.07, 6.45) is 7.97. The maximum absolute atomic E-state index is 12.1. The van der Waals surface area contributed by atoms with Crippen LogP contribution in [0.4, 0.5) is 0 Å². The molecule has 0 unspecified atom stereocenters. The monoisotopic (exact) mass is 259 g/mol.